The average molecular weight is 270 g/mol. The van der Waals surface area contributed by atoms with E-state index in [0.29, 0.717) is 0 Å². The van der Waals surface area contributed by atoms with Crippen molar-refractivity contribution in [3.63, 3.8) is 0 Å². The Kier molecular flexibility index (Phi) is 4.56. The van der Waals surface area contributed by atoms with E-state index >= 15 is 0 Å². The van der Waals surface area contributed by atoms with E-state index in [4.69, 9.17) is 4.18 Å². The summed E-state index contributed by atoms with van der Waals surface area (Å²) >= 11 is 0. The maximum Gasteiger partial charge on any atom is 0.296 e. The van der Waals surface area contributed by atoms with Crippen LogP contribution in [0.4, 0.5) is 0 Å². The second-order valence-electron chi connectivity index (χ2n) is 5.82. The maximum absolute atomic E-state index is 12.0. The Morgan fingerprint density at radius 1 is 1.17 bits per heavy atom. The number of rotatable bonds is 4. The van der Waals surface area contributed by atoms with E-state index in [-0.39, 0.29) is 22.8 Å². The summed E-state index contributed by atoms with van der Waals surface area (Å²) in [5.74, 6) is 0.165. The zero-order valence-corrected chi connectivity index (χ0v) is 12.5. The first-order valence-electron chi connectivity index (χ1n) is 6.09. The molecule has 0 amide bonds. The van der Waals surface area contributed by atoms with Crippen LogP contribution in [0, 0.1) is 18.3 Å². The molecule has 0 aromatic heterocycles. The first kappa shape index (κ1) is 15.2. The highest BCUT2D eigenvalue weighted by Gasteiger charge is 2.23. The molecule has 0 heterocycles. The molecule has 0 saturated carbocycles. The van der Waals surface area contributed by atoms with Crippen molar-refractivity contribution in [1.29, 1.82) is 0 Å². The molecule has 0 N–H and O–H groups in total. The molecule has 0 aliphatic carbocycles. The van der Waals surface area contributed by atoms with Gasteiger partial charge < -0.3 is 0 Å². The molecule has 0 fully saturated rings. The Labute approximate surface area is 110 Å². The quantitative estimate of drug-likeness (QED) is 0.788. The van der Waals surface area contributed by atoms with Gasteiger partial charge >= 0.3 is 0 Å². The van der Waals surface area contributed by atoms with E-state index in [1.807, 2.05) is 13.8 Å². The molecule has 0 radical (unpaired) electrons. The lowest BCUT2D eigenvalue weighted by molar-refractivity contribution is 0.165. The van der Waals surface area contributed by atoms with Crippen molar-refractivity contribution in [3.05, 3.63) is 29.8 Å². The van der Waals surface area contributed by atoms with Crippen LogP contribution in [-0.2, 0) is 14.3 Å². The van der Waals surface area contributed by atoms with Crippen LogP contribution < -0.4 is 0 Å². The zero-order chi connectivity index (χ0) is 14.0. The van der Waals surface area contributed by atoms with Crippen LogP contribution >= 0.6 is 0 Å². The highest BCUT2D eigenvalue weighted by Crippen LogP contribution is 2.26. The normalized spacial score (nSPS) is 14.5. The highest BCUT2D eigenvalue weighted by molar-refractivity contribution is 7.86. The Bertz CT molecular complexity index is 481. The third-order valence-corrected chi connectivity index (χ3v) is 4.56. The smallest absolute Gasteiger partial charge is 0.266 e. The van der Waals surface area contributed by atoms with Gasteiger partial charge in [-0.1, -0.05) is 45.4 Å². The molecule has 0 aliphatic heterocycles. The Morgan fingerprint density at radius 2 is 1.67 bits per heavy atom. The van der Waals surface area contributed by atoms with Crippen molar-refractivity contribution in [2.75, 3.05) is 6.61 Å². The fourth-order valence-electron chi connectivity index (χ4n) is 1.21. The Morgan fingerprint density at radius 3 is 2.11 bits per heavy atom. The third kappa shape index (κ3) is 4.10. The summed E-state index contributed by atoms with van der Waals surface area (Å²) in [7, 11) is -3.63. The summed E-state index contributed by atoms with van der Waals surface area (Å²) in [6.45, 7) is 10.3. The van der Waals surface area contributed by atoms with Crippen molar-refractivity contribution >= 4 is 10.1 Å². The number of hydrogen-bond acceptors (Lipinski definition) is 3. The van der Waals surface area contributed by atoms with Gasteiger partial charge in [-0.3, -0.25) is 4.18 Å². The fourth-order valence-corrected chi connectivity index (χ4v) is 2.20. The van der Waals surface area contributed by atoms with E-state index in [9.17, 15) is 8.42 Å². The second kappa shape index (κ2) is 5.41. The van der Waals surface area contributed by atoms with Crippen LogP contribution in [0.15, 0.2) is 29.2 Å². The topological polar surface area (TPSA) is 43.4 Å². The van der Waals surface area contributed by atoms with Crippen molar-refractivity contribution in [3.8, 4) is 0 Å². The Balaban J connectivity index is 2.75. The van der Waals surface area contributed by atoms with E-state index in [1.165, 1.54) is 0 Å². The third-order valence-electron chi connectivity index (χ3n) is 3.26. The molecule has 1 atom stereocenters. The van der Waals surface area contributed by atoms with Gasteiger partial charge in [0.2, 0.25) is 0 Å². The van der Waals surface area contributed by atoms with E-state index in [0.717, 1.165) is 5.56 Å². The summed E-state index contributed by atoms with van der Waals surface area (Å²) < 4.78 is 29.0. The molecule has 0 bridgehead atoms. The minimum absolute atomic E-state index is 0.0306. The first-order chi connectivity index (χ1) is 8.13. The van der Waals surface area contributed by atoms with Gasteiger partial charge in [-0.15, -0.1) is 0 Å². The predicted molar refractivity (Wildman–Crippen MR) is 72.9 cm³/mol. The van der Waals surface area contributed by atoms with Crippen LogP contribution in [0.3, 0.4) is 0 Å². The summed E-state index contributed by atoms with van der Waals surface area (Å²) in [5.41, 5.74) is 1.06. The molecule has 1 rings (SSSR count). The lowest BCUT2D eigenvalue weighted by Crippen LogP contribution is -2.24. The molecule has 0 spiro atoms. The van der Waals surface area contributed by atoms with Gasteiger partial charge in [0, 0.05) is 0 Å². The summed E-state index contributed by atoms with van der Waals surface area (Å²) in [5, 5.41) is 0. The van der Waals surface area contributed by atoms with Crippen molar-refractivity contribution in [2.24, 2.45) is 11.3 Å². The van der Waals surface area contributed by atoms with Gasteiger partial charge in [-0.05, 0) is 30.4 Å². The SMILES string of the molecule is Cc1ccc(S(=O)(=O)OCC(C)C(C)(C)C)cc1. The highest BCUT2D eigenvalue weighted by atomic mass is 32.2. The largest absolute Gasteiger partial charge is 0.296 e. The van der Waals surface area contributed by atoms with Crippen LogP contribution in [0.1, 0.15) is 33.3 Å². The van der Waals surface area contributed by atoms with Gasteiger partial charge in [0.25, 0.3) is 10.1 Å². The van der Waals surface area contributed by atoms with Gasteiger partial charge in [0.05, 0.1) is 11.5 Å². The molecule has 0 aliphatic rings. The monoisotopic (exact) mass is 270 g/mol. The number of aryl methyl sites for hydroxylation is 1. The van der Waals surface area contributed by atoms with Gasteiger partial charge in [-0.25, -0.2) is 0 Å². The predicted octanol–water partition coefficient (Wildman–Crippen LogP) is 3.38. The van der Waals surface area contributed by atoms with Crippen molar-refractivity contribution < 1.29 is 12.6 Å². The number of benzene rings is 1. The summed E-state index contributed by atoms with van der Waals surface area (Å²) in [6, 6.07) is 6.69. The molecule has 1 unspecified atom stereocenters. The minimum atomic E-state index is -3.63. The standard InChI is InChI=1S/C14H22O3S/c1-11-6-8-13(9-7-11)18(15,16)17-10-12(2)14(3,4)5/h6-9,12H,10H2,1-5H3. The average Bonchev–Trinajstić information content (AvgIpc) is 2.25. The molecule has 0 saturated heterocycles. The second-order valence-corrected chi connectivity index (χ2v) is 7.43. The zero-order valence-electron chi connectivity index (χ0n) is 11.7. The molecule has 3 nitrogen and oxygen atoms in total. The van der Waals surface area contributed by atoms with Crippen LogP contribution in [0.2, 0.25) is 0 Å². The van der Waals surface area contributed by atoms with E-state index < -0.39 is 10.1 Å². The van der Waals surface area contributed by atoms with Crippen LogP contribution in [-0.4, -0.2) is 15.0 Å². The minimum Gasteiger partial charge on any atom is -0.266 e. The summed E-state index contributed by atoms with van der Waals surface area (Å²) in [4.78, 5) is 0.217. The molecule has 4 heteroatoms. The molecular weight excluding hydrogens is 248 g/mol. The lowest BCUT2D eigenvalue weighted by Gasteiger charge is -2.26. The summed E-state index contributed by atoms with van der Waals surface area (Å²) in [6.07, 6.45) is 0. The lowest BCUT2D eigenvalue weighted by atomic mass is 9.83. The molecule has 1 aromatic rings. The molecule has 102 valence electrons. The molecule has 18 heavy (non-hydrogen) atoms. The fraction of sp³-hybridized carbons (Fsp3) is 0.571. The molecule has 1 aromatic carbocycles. The van der Waals surface area contributed by atoms with E-state index in [1.54, 1.807) is 24.3 Å². The van der Waals surface area contributed by atoms with Gasteiger partial charge in [0.15, 0.2) is 0 Å². The van der Waals surface area contributed by atoms with Crippen molar-refractivity contribution in [2.45, 2.75) is 39.5 Å². The van der Waals surface area contributed by atoms with Crippen molar-refractivity contribution in [1.82, 2.24) is 0 Å². The first-order valence-corrected chi connectivity index (χ1v) is 7.50. The molecular formula is C14H22O3S. The Hall–Kier alpha value is -0.870. The van der Waals surface area contributed by atoms with Crippen LogP contribution in [0.25, 0.3) is 0 Å². The van der Waals surface area contributed by atoms with E-state index in [2.05, 4.69) is 20.8 Å². The maximum atomic E-state index is 12.0. The van der Waals surface area contributed by atoms with Gasteiger partial charge in [-0.2, -0.15) is 8.42 Å². The van der Waals surface area contributed by atoms with Gasteiger partial charge in [0.1, 0.15) is 0 Å². The number of hydrogen-bond donors (Lipinski definition) is 0. The van der Waals surface area contributed by atoms with Crippen LogP contribution in [0.5, 0.6) is 0 Å².